The summed E-state index contributed by atoms with van der Waals surface area (Å²) in [6.07, 6.45) is 5.24. The summed E-state index contributed by atoms with van der Waals surface area (Å²) in [5.74, 6) is 0. The lowest BCUT2D eigenvalue weighted by Crippen LogP contribution is -2.02. The fraction of sp³-hybridized carbons (Fsp3) is 0.286. The monoisotopic (exact) mass is 320 g/mol. The number of benzene rings is 2. The summed E-state index contributed by atoms with van der Waals surface area (Å²) in [5, 5.41) is 14.3. The molecule has 3 nitrogen and oxygen atoms in total. The number of fused-ring (bicyclic) bond motifs is 1. The first-order valence-corrected chi connectivity index (χ1v) is 8.57. The van der Waals surface area contributed by atoms with Gasteiger partial charge in [0.2, 0.25) is 0 Å². The van der Waals surface area contributed by atoms with Crippen LogP contribution in [0.5, 0.6) is 0 Å². The molecule has 0 aliphatic rings. The van der Waals surface area contributed by atoms with Gasteiger partial charge in [-0.05, 0) is 37.0 Å². The molecular formula is C21H24N2O. The summed E-state index contributed by atoms with van der Waals surface area (Å²) in [5.41, 5.74) is 6.39. The van der Waals surface area contributed by atoms with Gasteiger partial charge in [0.25, 0.3) is 0 Å². The summed E-state index contributed by atoms with van der Waals surface area (Å²) in [6, 6.07) is 14.3. The summed E-state index contributed by atoms with van der Waals surface area (Å²) in [6.45, 7) is 4.31. The highest BCUT2D eigenvalue weighted by molar-refractivity contribution is 5.96. The van der Waals surface area contributed by atoms with Crippen molar-refractivity contribution >= 4 is 22.3 Å². The van der Waals surface area contributed by atoms with Gasteiger partial charge in [0.15, 0.2) is 0 Å². The van der Waals surface area contributed by atoms with Gasteiger partial charge >= 0.3 is 0 Å². The van der Waals surface area contributed by atoms with Crippen LogP contribution in [0.3, 0.4) is 0 Å². The van der Waals surface area contributed by atoms with Crippen molar-refractivity contribution in [3.05, 3.63) is 65.4 Å². The van der Waals surface area contributed by atoms with E-state index in [2.05, 4.69) is 42.3 Å². The fourth-order valence-electron chi connectivity index (χ4n) is 3.01. The summed E-state index contributed by atoms with van der Waals surface area (Å²) in [7, 11) is 0. The predicted molar refractivity (Wildman–Crippen MR) is 101 cm³/mol. The maximum Gasteiger partial charge on any atom is 0.0778 e. The van der Waals surface area contributed by atoms with Gasteiger partial charge < -0.3 is 10.4 Å². The van der Waals surface area contributed by atoms with Gasteiger partial charge in [-0.2, -0.15) is 0 Å². The molecule has 3 aromatic rings. The summed E-state index contributed by atoms with van der Waals surface area (Å²) in [4.78, 5) is 4.63. The Morgan fingerprint density at radius 1 is 1.04 bits per heavy atom. The highest BCUT2D eigenvalue weighted by atomic mass is 16.3. The van der Waals surface area contributed by atoms with E-state index in [4.69, 9.17) is 0 Å². The van der Waals surface area contributed by atoms with Crippen molar-refractivity contribution < 1.29 is 5.11 Å². The number of aliphatic hydroxyl groups is 1. The van der Waals surface area contributed by atoms with Crippen LogP contribution in [0.2, 0.25) is 0 Å². The van der Waals surface area contributed by atoms with Crippen molar-refractivity contribution in [2.24, 2.45) is 0 Å². The first-order chi connectivity index (χ1) is 11.7. The Hall–Kier alpha value is -2.39. The Kier molecular flexibility index (Phi) is 5.11. The number of anilines is 2. The van der Waals surface area contributed by atoms with Gasteiger partial charge in [0.05, 0.1) is 17.8 Å². The number of aryl methyl sites for hydroxylation is 2. The maximum atomic E-state index is 9.61. The predicted octanol–water partition coefficient (Wildman–Crippen LogP) is 5.12. The molecule has 0 aliphatic heterocycles. The molecule has 2 aromatic carbocycles. The molecule has 0 atom stereocenters. The van der Waals surface area contributed by atoms with Crippen LogP contribution >= 0.6 is 0 Å². The third-order valence-electron chi connectivity index (χ3n) is 4.43. The van der Waals surface area contributed by atoms with Crippen LogP contribution in [0.1, 0.15) is 36.5 Å². The van der Waals surface area contributed by atoms with Crippen LogP contribution in [0.4, 0.5) is 11.4 Å². The Morgan fingerprint density at radius 2 is 1.88 bits per heavy atom. The minimum Gasteiger partial charge on any atom is -0.392 e. The van der Waals surface area contributed by atoms with Crippen LogP contribution in [-0.2, 0) is 13.0 Å². The van der Waals surface area contributed by atoms with E-state index in [-0.39, 0.29) is 6.61 Å². The normalized spacial score (nSPS) is 11.0. The zero-order chi connectivity index (χ0) is 16.9. The quantitative estimate of drug-likeness (QED) is 0.662. The van der Waals surface area contributed by atoms with Crippen LogP contribution in [0.25, 0.3) is 10.9 Å². The van der Waals surface area contributed by atoms with Gasteiger partial charge in [-0.1, -0.05) is 49.7 Å². The molecular weight excluding hydrogens is 296 g/mol. The van der Waals surface area contributed by atoms with Gasteiger partial charge in [-0.25, -0.2) is 0 Å². The lowest BCUT2D eigenvalue weighted by atomic mass is 10.0. The minimum absolute atomic E-state index is 0.00243. The van der Waals surface area contributed by atoms with Gasteiger partial charge in [-0.15, -0.1) is 0 Å². The molecule has 0 spiro atoms. The lowest BCUT2D eigenvalue weighted by Gasteiger charge is -2.17. The fourth-order valence-corrected chi connectivity index (χ4v) is 3.01. The minimum atomic E-state index is 0.00243. The number of unbranched alkanes of at least 4 members (excludes halogenated alkanes) is 1. The second kappa shape index (κ2) is 7.45. The average molecular weight is 320 g/mol. The molecule has 1 heterocycles. The third-order valence-corrected chi connectivity index (χ3v) is 4.43. The molecule has 3 rings (SSSR count). The highest BCUT2D eigenvalue weighted by Gasteiger charge is 2.12. The van der Waals surface area contributed by atoms with Crippen LogP contribution < -0.4 is 5.32 Å². The zero-order valence-corrected chi connectivity index (χ0v) is 14.3. The maximum absolute atomic E-state index is 9.61. The molecule has 0 fully saturated rings. The molecule has 24 heavy (non-hydrogen) atoms. The van der Waals surface area contributed by atoms with E-state index in [0.717, 1.165) is 47.1 Å². The number of hydrogen-bond donors (Lipinski definition) is 2. The molecule has 0 bridgehead atoms. The number of para-hydroxylation sites is 2. The molecule has 0 radical (unpaired) electrons. The van der Waals surface area contributed by atoms with E-state index in [1.165, 1.54) is 11.1 Å². The van der Waals surface area contributed by atoms with Crippen LogP contribution in [-0.4, -0.2) is 10.1 Å². The smallest absolute Gasteiger partial charge is 0.0778 e. The zero-order valence-electron chi connectivity index (χ0n) is 14.3. The van der Waals surface area contributed by atoms with E-state index in [1.54, 1.807) is 0 Å². The van der Waals surface area contributed by atoms with Crippen molar-refractivity contribution in [1.29, 1.82) is 0 Å². The van der Waals surface area contributed by atoms with E-state index in [0.29, 0.717) is 0 Å². The highest BCUT2D eigenvalue weighted by Crippen LogP contribution is 2.32. The topological polar surface area (TPSA) is 45.2 Å². The van der Waals surface area contributed by atoms with E-state index >= 15 is 0 Å². The molecule has 3 heteroatoms. The third kappa shape index (κ3) is 3.26. The SMILES string of the molecule is CCCCc1cnc2c(CO)cccc2c1Nc1ccccc1C. The van der Waals surface area contributed by atoms with Crippen molar-refractivity contribution in [2.45, 2.75) is 39.7 Å². The number of nitrogens with zero attached hydrogens (tertiary/aromatic N) is 1. The molecule has 124 valence electrons. The molecule has 2 N–H and O–H groups in total. The standard InChI is InChI=1S/C21H24N2O/c1-3-4-9-16-13-22-20-17(14-24)10-7-11-18(20)21(16)23-19-12-6-5-8-15(19)2/h5-8,10-13,24H,3-4,9,14H2,1-2H3,(H,22,23). The van der Waals surface area contributed by atoms with E-state index in [9.17, 15) is 5.11 Å². The average Bonchev–Trinajstić information content (AvgIpc) is 2.62. The second-order valence-corrected chi connectivity index (χ2v) is 6.17. The summed E-state index contributed by atoms with van der Waals surface area (Å²) >= 11 is 0. The number of aliphatic hydroxyl groups excluding tert-OH is 1. The molecule has 0 amide bonds. The molecule has 1 aromatic heterocycles. The van der Waals surface area contributed by atoms with E-state index < -0.39 is 0 Å². The first-order valence-electron chi connectivity index (χ1n) is 8.57. The Morgan fingerprint density at radius 3 is 2.62 bits per heavy atom. The second-order valence-electron chi connectivity index (χ2n) is 6.17. The largest absolute Gasteiger partial charge is 0.392 e. The van der Waals surface area contributed by atoms with Gasteiger partial charge in [0, 0.05) is 22.8 Å². The van der Waals surface area contributed by atoms with Crippen molar-refractivity contribution in [3.63, 3.8) is 0 Å². The van der Waals surface area contributed by atoms with Crippen LogP contribution in [0, 0.1) is 6.92 Å². The number of aromatic nitrogens is 1. The van der Waals surface area contributed by atoms with Crippen molar-refractivity contribution in [2.75, 3.05) is 5.32 Å². The molecule has 0 saturated carbocycles. The van der Waals surface area contributed by atoms with Gasteiger partial charge in [0.1, 0.15) is 0 Å². The number of pyridine rings is 1. The van der Waals surface area contributed by atoms with Gasteiger partial charge in [-0.3, -0.25) is 4.98 Å². The number of nitrogens with one attached hydrogen (secondary N) is 1. The van der Waals surface area contributed by atoms with Crippen LogP contribution in [0.15, 0.2) is 48.7 Å². The molecule has 0 saturated heterocycles. The van der Waals surface area contributed by atoms with Crippen molar-refractivity contribution in [1.82, 2.24) is 4.98 Å². The molecule has 0 aliphatic carbocycles. The van der Waals surface area contributed by atoms with Crippen molar-refractivity contribution in [3.8, 4) is 0 Å². The Balaban J connectivity index is 2.15. The molecule has 0 unspecified atom stereocenters. The first kappa shape index (κ1) is 16.5. The number of hydrogen-bond acceptors (Lipinski definition) is 3. The van der Waals surface area contributed by atoms with E-state index in [1.807, 2.05) is 30.5 Å². The lowest BCUT2D eigenvalue weighted by molar-refractivity contribution is 0.283. The Labute approximate surface area is 143 Å². The summed E-state index contributed by atoms with van der Waals surface area (Å²) < 4.78 is 0. The Bertz CT molecular complexity index is 842. The number of rotatable bonds is 6.